The lowest BCUT2D eigenvalue weighted by molar-refractivity contribution is 0.669. The van der Waals surface area contributed by atoms with Crippen LogP contribution in [0, 0.1) is 0 Å². The lowest BCUT2D eigenvalue weighted by Gasteiger charge is -2.25. The molecule has 43 heavy (non-hydrogen) atoms. The molecule has 2 nitrogen and oxygen atoms in total. The van der Waals surface area contributed by atoms with Crippen LogP contribution in [0.2, 0.25) is 0 Å². The molecule has 0 saturated heterocycles. The van der Waals surface area contributed by atoms with Gasteiger partial charge in [0.05, 0.1) is 0 Å². The number of hydrogen-bond donors (Lipinski definition) is 0. The first-order valence-corrected chi connectivity index (χ1v) is 15.2. The van der Waals surface area contributed by atoms with Crippen molar-refractivity contribution in [2.24, 2.45) is 0 Å². The highest BCUT2D eigenvalue weighted by atomic mass is 79.9. The third-order valence-electron chi connectivity index (χ3n) is 8.05. The van der Waals surface area contributed by atoms with Gasteiger partial charge in [-0.05, 0) is 112 Å². The van der Waals surface area contributed by atoms with Crippen molar-refractivity contribution in [1.82, 2.24) is 0 Å². The van der Waals surface area contributed by atoms with E-state index in [0.29, 0.717) is 0 Å². The molecule has 0 fully saturated rings. The number of anilines is 3. The second kappa shape index (κ2) is 10.6. The summed E-state index contributed by atoms with van der Waals surface area (Å²) >= 11 is 3.79. The molecule has 204 valence electrons. The molecule has 7 aromatic carbocycles. The average molecular weight is 617 g/mol. The summed E-state index contributed by atoms with van der Waals surface area (Å²) in [4.78, 5) is 2.30. The van der Waals surface area contributed by atoms with Crippen LogP contribution < -0.4 is 4.90 Å². The van der Waals surface area contributed by atoms with Crippen LogP contribution >= 0.6 is 15.9 Å². The van der Waals surface area contributed by atoms with Crippen LogP contribution in [0.4, 0.5) is 17.1 Å². The molecular weight excluding hydrogens is 590 g/mol. The van der Waals surface area contributed by atoms with Gasteiger partial charge in [-0.25, -0.2) is 0 Å². The molecule has 1 aromatic heterocycles. The highest BCUT2D eigenvalue weighted by Crippen LogP contribution is 2.38. The Morgan fingerprint density at radius 3 is 1.72 bits per heavy atom. The Morgan fingerprint density at radius 1 is 0.395 bits per heavy atom. The van der Waals surface area contributed by atoms with Crippen molar-refractivity contribution in [3.05, 3.63) is 162 Å². The van der Waals surface area contributed by atoms with Gasteiger partial charge in [0.2, 0.25) is 0 Å². The maximum absolute atomic E-state index is 6.06. The highest BCUT2D eigenvalue weighted by Gasteiger charge is 2.14. The van der Waals surface area contributed by atoms with Crippen LogP contribution in [0.3, 0.4) is 0 Å². The molecule has 0 aliphatic carbocycles. The molecule has 1 heterocycles. The zero-order valence-electron chi connectivity index (χ0n) is 23.2. The van der Waals surface area contributed by atoms with Crippen LogP contribution in [-0.2, 0) is 0 Å². The summed E-state index contributed by atoms with van der Waals surface area (Å²) in [5, 5.41) is 4.68. The van der Waals surface area contributed by atoms with Crippen LogP contribution in [0.5, 0.6) is 0 Å². The van der Waals surface area contributed by atoms with E-state index in [9.17, 15) is 0 Å². The number of rotatable bonds is 5. The van der Waals surface area contributed by atoms with E-state index < -0.39 is 0 Å². The molecule has 0 bridgehead atoms. The van der Waals surface area contributed by atoms with Gasteiger partial charge < -0.3 is 9.32 Å². The molecule has 8 rings (SSSR count). The number of fused-ring (bicyclic) bond motifs is 4. The van der Waals surface area contributed by atoms with Gasteiger partial charge in [0.25, 0.3) is 0 Å². The lowest BCUT2D eigenvalue weighted by atomic mass is 9.96. The maximum Gasteiger partial charge on any atom is 0.135 e. The minimum absolute atomic E-state index is 0.909. The summed E-state index contributed by atoms with van der Waals surface area (Å²) in [6.07, 6.45) is 0. The van der Waals surface area contributed by atoms with Gasteiger partial charge in [-0.1, -0.05) is 94.8 Å². The zero-order chi connectivity index (χ0) is 28.8. The number of furan rings is 1. The summed E-state index contributed by atoms with van der Waals surface area (Å²) in [7, 11) is 0. The van der Waals surface area contributed by atoms with Crippen LogP contribution in [0.1, 0.15) is 0 Å². The van der Waals surface area contributed by atoms with E-state index in [-0.39, 0.29) is 0 Å². The fourth-order valence-electron chi connectivity index (χ4n) is 5.98. The third-order valence-corrected chi connectivity index (χ3v) is 8.51. The first-order chi connectivity index (χ1) is 21.2. The molecule has 0 radical (unpaired) electrons. The summed E-state index contributed by atoms with van der Waals surface area (Å²) in [5.41, 5.74) is 9.89. The predicted molar refractivity (Wildman–Crippen MR) is 184 cm³/mol. The summed E-state index contributed by atoms with van der Waals surface area (Å²) in [5.74, 6) is 0. The van der Waals surface area contributed by atoms with Gasteiger partial charge >= 0.3 is 0 Å². The molecule has 0 N–H and O–H groups in total. The largest absolute Gasteiger partial charge is 0.456 e. The SMILES string of the molecule is Brc1cc(-c2ccc3cc(N(c4ccccc4)c4ccccc4)ccc3c2)cc(-c2ccc3oc4ccccc4c3c2)c1. The van der Waals surface area contributed by atoms with Crippen molar-refractivity contribution in [2.45, 2.75) is 0 Å². The minimum atomic E-state index is 0.909. The maximum atomic E-state index is 6.06. The summed E-state index contributed by atoms with van der Waals surface area (Å²) < 4.78 is 7.11. The van der Waals surface area contributed by atoms with E-state index in [0.717, 1.165) is 54.6 Å². The predicted octanol–water partition coefficient (Wildman–Crippen LogP) is 12.3. The molecule has 0 atom stereocenters. The van der Waals surface area contributed by atoms with Crippen molar-refractivity contribution in [1.29, 1.82) is 0 Å². The second-order valence-electron chi connectivity index (χ2n) is 10.8. The average Bonchev–Trinajstić information content (AvgIpc) is 3.43. The molecule has 0 amide bonds. The van der Waals surface area contributed by atoms with Crippen molar-refractivity contribution < 1.29 is 4.42 Å². The number of benzene rings is 7. The Hall–Kier alpha value is -5.12. The second-order valence-corrected chi connectivity index (χ2v) is 11.7. The van der Waals surface area contributed by atoms with Crippen LogP contribution in [0.15, 0.2) is 167 Å². The zero-order valence-corrected chi connectivity index (χ0v) is 24.8. The first kappa shape index (κ1) is 25.6. The smallest absolute Gasteiger partial charge is 0.135 e. The Morgan fingerprint density at radius 2 is 0.977 bits per heavy atom. The van der Waals surface area contributed by atoms with E-state index in [1.165, 1.54) is 21.9 Å². The topological polar surface area (TPSA) is 16.4 Å². The van der Waals surface area contributed by atoms with Crippen molar-refractivity contribution in [3.8, 4) is 22.3 Å². The van der Waals surface area contributed by atoms with Crippen molar-refractivity contribution in [2.75, 3.05) is 4.90 Å². The van der Waals surface area contributed by atoms with E-state index in [1.807, 2.05) is 12.1 Å². The van der Waals surface area contributed by atoms with Crippen molar-refractivity contribution >= 4 is 65.7 Å². The number of hydrogen-bond acceptors (Lipinski definition) is 2. The lowest BCUT2D eigenvalue weighted by Crippen LogP contribution is -2.09. The molecule has 0 spiro atoms. The number of halogens is 1. The number of nitrogens with zero attached hydrogens (tertiary/aromatic N) is 1. The normalized spacial score (nSPS) is 11.4. The van der Waals surface area contributed by atoms with Crippen molar-refractivity contribution in [3.63, 3.8) is 0 Å². The number of para-hydroxylation sites is 3. The van der Waals surface area contributed by atoms with Gasteiger partial charge in [-0.15, -0.1) is 0 Å². The fraction of sp³-hybridized carbons (Fsp3) is 0. The van der Waals surface area contributed by atoms with Crippen LogP contribution in [-0.4, -0.2) is 0 Å². The Kier molecular flexibility index (Phi) is 6.31. The molecular formula is C40H26BrNO. The molecule has 0 aliphatic rings. The highest BCUT2D eigenvalue weighted by molar-refractivity contribution is 9.10. The van der Waals surface area contributed by atoms with E-state index in [2.05, 4.69) is 166 Å². The van der Waals surface area contributed by atoms with Gasteiger partial charge in [-0.2, -0.15) is 0 Å². The van der Waals surface area contributed by atoms with Gasteiger partial charge in [0.15, 0.2) is 0 Å². The molecule has 0 aliphatic heterocycles. The monoisotopic (exact) mass is 615 g/mol. The van der Waals surface area contributed by atoms with E-state index in [4.69, 9.17) is 4.42 Å². The Balaban J connectivity index is 1.18. The van der Waals surface area contributed by atoms with E-state index in [1.54, 1.807) is 0 Å². The molecule has 3 heteroatoms. The van der Waals surface area contributed by atoms with Gasteiger partial charge in [0, 0.05) is 32.3 Å². The quantitative estimate of drug-likeness (QED) is 0.191. The fourth-order valence-corrected chi connectivity index (χ4v) is 6.47. The third kappa shape index (κ3) is 4.78. The molecule has 0 saturated carbocycles. The standard InChI is InChI=1S/C40H26BrNO/c41-33-23-31(22-32(24-33)30-18-20-40-38(26-30)37-13-7-8-14-39(37)43-40)28-15-16-29-25-36(19-17-27(29)21-28)42(34-9-3-1-4-10-34)35-11-5-2-6-12-35/h1-26H. The molecule has 0 unspecified atom stereocenters. The van der Waals surface area contributed by atoms with E-state index >= 15 is 0 Å². The minimum Gasteiger partial charge on any atom is -0.456 e. The molecule has 8 aromatic rings. The summed E-state index contributed by atoms with van der Waals surface area (Å²) in [6.45, 7) is 0. The summed E-state index contributed by atoms with van der Waals surface area (Å²) in [6, 6.07) is 55.8. The first-order valence-electron chi connectivity index (χ1n) is 14.4. The Bertz CT molecular complexity index is 2210. The van der Waals surface area contributed by atoms with Crippen LogP contribution in [0.25, 0.3) is 55.0 Å². The van der Waals surface area contributed by atoms with Gasteiger partial charge in [-0.3, -0.25) is 0 Å². The van der Waals surface area contributed by atoms with Gasteiger partial charge in [0.1, 0.15) is 11.2 Å². The Labute approximate surface area is 258 Å².